The van der Waals surface area contributed by atoms with Gasteiger partial charge >= 0.3 is 0 Å². The molecule has 130 valence electrons. The number of hydrogen-bond donors (Lipinski definition) is 0. The van der Waals surface area contributed by atoms with Gasteiger partial charge in [-0.3, -0.25) is 9.78 Å². The van der Waals surface area contributed by atoms with Crippen LogP contribution in [-0.2, 0) is 0 Å². The highest BCUT2D eigenvalue weighted by Crippen LogP contribution is 2.19. The maximum atomic E-state index is 12.5. The van der Waals surface area contributed by atoms with Crippen molar-refractivity contribution >= 4 is 11.7 Å². The summed E-state index contributed by atoms with van der Waals surface area (Å²) in [7, 11) is 0. The number of amides is 1. The standard InChI is InChI=1S/C20H19N5O/c26-20(17-7-4-10-21-15-17)25-13-11-24(12-14-25)19-9-8-18(22-23-19)16-5-2-1-3-6-16/h1-10,15H,11-14H2. The summed E-state index contributed by atoms with van der Waals surface area (Å²) in [6.45, 7) is 2.81. The predicted molar refractivity (Wildman–Crippen MR) is 99.8 cm³/mol. The molecule has 6 nitrogen and oxygen atoms in total. The van der Waals surface area contributed by atoms with E-state index in [4.69, 9.17) is 0 Å². The first kappa shape index (κ1) is 16.2. The van der Waals surface area contributed by atoms with Crippen LogP contribution >= 0.6 is 0 Å². The highest BCUT2D eigenvalue weighted by atomic mass is 16.2. The molecule has 0 unspecified atom stereocenters. The highest BCUT2D eigenvalue weighted by Gasteiger charge is 2.23. The largest absolute Gasteiger partial charge is 0.352 e. The van der Waals surface area contributed by atoms with Gasteiger partial charge in [-0.15, -0.1) is 10.2 Å². The second kappa shape index (κ2) is 7.31. The minimum absolute atomic E-state index is 0.0308. The average molecular weight is 345 g/mol. The number of aromatic nitrogens is 3. The molecule has 2 aromatic heterocycles. The molecular formula is C20H19N5O. The maximum absolute atomic E-state index is 12.5. The van der Waals surface area contributed by atoms with Gasteiger partial charge in [-0.2, -0.15) is 0 Å². The van der Waals surface area contributed by atoms with Gasteiger partial charge in [-0.1, -0.05) is 30.3 Å². The van der Waals surface area contributed by atoms with Gasteiger partial charge in [0.25, 0.3) is 5.91 Å². The van der Waals surface area contributed by atoms with Crippen molar-refractivity contribution in [1.82, 2.24) is 20.1 Å². The number of benzene rings is 1. The van der Waals surface area contributed by atoms with Gasteiger partial charge < -0.3 is 9.80 Å². The van der Waals surface area contributed by atoms with E-state index in [0.29, 0.717) is 18.7 Å². The smallest absolute Gasteiger partial charge is 0.255 e. The molecular weight excluding hydrogens is 326 g/mol. The summed E-state index contributed by atoms with van der Waals surface area (Å²) in [5.41, 5.74) is 2.55. The van der Waals surface area contributed by atoms with Crippen LogP contribution in [0, 0.1) is 0 Å². The van der Waals surface area contributed by atoms with Crippen molar-refractivity contribution in [3.63, 3.8) is 0 Å². The van der Waals surface area contributed by atoms with Gasteiger partial charge in [0.2, 0.25) is 0 Å². The molecule has 1 aromatic carbocycles. The van der Waals surface area contributed by atoms with Crippen molar-refractivity contribution in [3.8, 4) is 11.3 Å². The van der Waals surface area contributed by atoms with E-state index in [2.05, 4.69) is 20.1 Å². The number of pyridine rings is 1. The molecule has 0 bridgehead atoms. The van der Waals surface area contributed by atoms with E-state index in [1.165, 1.54) is 0 Å². The molecule has 0 saturated carbocycles. The number of hydrogen-bond acceptors (Lipinski definition) is 5. The van der Waals surface area contributed by atoms with Crippen LogP contribution in [0.3, 0.4) is 0 Å². The van der Waals surface area contributed by atoms with Crippen LogP contribution in [0.5, 0.6) is 0 Å². The van der Waals surface area contributed by atoms with E-state index in [-0.39, 0.29) is 5.91 Å². The van der Waals surface area contributed by atoms with Crippen LogP contribution in [0.25, 0.3) is 11.3 Å². The fraction of sp³-hybridized carbons (Fsp3) is 0.200. The zero-order valence-electron chi connectivity index (χ0n) is 14.3. The third-order valence-corrected chi connectivity index (χ3v) is 4.52. The first-order valence-corrected chi connectivity index (χ1v) is 8.65. The zero-order chi connectivity index (χ0) is 17.8. The molecule has 1 fully saturated rings. The van der Waals surface area contributed by atoms with Gasteiger partial charge in [-0.05, 0) is 24.3 Å². The Kier molecular flexibility index (Phi) is 4.55. The monoisotopic (exact) mass is 345 g/mol. The van der Waals surface area contributed by atoms with Crippen molar-refractivity contribution in [2.24, 2.45) is 0 Å². The molecule has 0 radical (unpaired) electrons. The molecule has 3 aromatic rings. The van der Waals surface area contributed by atoms with Crippen molar-refractivity contribution in [2.45, 2.75) is 0 Å². The third-order valence-electron chi connectivity index (χ3n) is 4.52. The van der Waals surface area contributed by atoms with E-state index < -0.39 is 0 Å². The molecule has 0 aliphatic carbocycles. The maximum Gasteiger partial charge on any atom is 0.255 e. The SMILES string of the molecule is O=C(c1cccnc1)N1CCN(c2ccc(-c3ccccc3)nn2)CC1. The lowest BCUT2D eigenvalue weighted by molar-refractivity contribution is 0.0746. The lowest BCUT2D eigenvalue weighted by Gasteiger charge is -2.35. The van der Waals surface area contributed by atoms with Crippen LogP contribution in [0.15, 0.2) is 67.0 Å². The fourth-order valence-corrected chi connectivity index (χ4v) is 3.07. The Hall–Kier alpha value is -3.28. The van der Waals surface area contributed by atoms with E-state index in [9.17, 15) is 4.79 Å². The summed E-state index contributed by atoms with van der Waals surface area (Å²) in [5, 5.41) is 8.71. The Bertz CT molecular complexity index is 860. The number of nitrogens with zero attached hydrogens (tertiary/aromatic N) is 5. The molecule has 26 heavy (non-hydrogen) atoms. The third kappa shape index (κ3) is 3.39. The molecule has 4 rings (SSSR count). The minimum Gasteiger partial charge on any atom is -0.352 e. The number of rotatable bonds is 3. The quantitative estimate of drug-likeness (QED) is 0.730. The topological polar surface area (TPSA) is 62.2 Å². The molecule has 1 aliphatic rings. The van der Waals surface area contributed by atoms with Crippen LogP contribution in [-0.4, -0.2) is 52.2 Å². The Labute approximate surface area is 152 Å². The van der Waals surface area contributed by atoms with Gasteiger partial charge in [-0.25, -0.2) is 0 Å². The van der Waals surface area contributed by atoms with E-state index >= 15 is 0 Å². The second-order valence-electron chi connectivity index (χ2n) is 6.16. The summed E-state index contributed by atoms with van der Waals surface area (Å²) in [5.74, 6) is 0.876. The summed E-state index contributed by atoms with van der Waals surface area (Å²) in [6, 6.07) is 17.6. The average Bonchev–Trinajstić information content (AvgIpc) is 2.75. The van der Waals surface area contributed by atoms with Gasteiger partial charge in [0.05, 0.1) is 11.3 Å². The second-order valence-corrected chi connectivity index (χ2v) is 6.16. The Morgan fingerprint density at radius 1 is 0.846 bits per heavy atom. The molecule has 1 amide bonds. The first-order valence-electron chi connectivity index (χ1n) is 8.65. The summed E-state index contributed by atoms with van der Waals surface area (Å²) in [6.07, 6.45) is 3.29. The van der Waals surface area contributed by atoms with E-state index in [1.807, 2.05) is 47.4 Å². The van der Waals surface area contributed by atoms with Gasteiger partial charge in [0, 0.05) is 44.1 Å². The van der Waals surface area contributed by atoms with Crippen LogP contribution in [0.4, 0.5) is 5.82 Å². The number of carbonyl (C=O) groups is 1. The molecule has 1 aliphatic heterocycles. The summed E-state index contributed by atoms with van der Waals surface area (Å²) in [4.78, 5) is 20.5. The predicted octanol–water partition coefficient (Wildman–Crippen LogP) is 2.50. The molecule has 6 heteroatoms. The van der Waals surface area contributed by atoms with Crippen LogP contribution < -0.4 is 4.90 Å². The normalized spacial score (nSPS) is 14.3. The molecule has 0 spiro atoms. The zero-order valence-corrected chi connectivity index (χ0v) is 14.3. The van der Waals surface area contributed by atoms with Crippen molar-refractivity contribution in [1.29, 1.82) is 0 Å². The first-order chi connectivity index (χ1) is 12.8. The minimum atomic E-state index is 0.0308. The molecule has 1 saturated heterocycles. The lowest BCUT2D eigenvalue weighted by Crippen LogP contribution is -2.49. The van der Waals surface area contributed by atoms with Gasteiger partial charge in [0.15, 0.2) is 5.82 Å². The Morgan fingerprint density at radius 2 is 1.65 bits per heavy atom. The Balaban J connectivity index is 1.40. The molecule has 0 N–H and O–H groups in total. The summed E-state index contributed by atoms with van der Waals surface area (Å²) < 4.78 is 0. The van der Waals surface area contributed by atoms with E-state index in [1.54, 1.807) is 24.5 Å². The molecule has 3 heterocycles. The fourth-order valence-electron chi connectivity index (χ4n) is 3.07. The van der Waals surface area contributed by atoms with Crippen molar-refractivity contribution < 1.29 is 4.79 Å². The summed E-state index contributed by atoms with van der Waals surface area (Å²) >= 11 is 0. The van der Waals surface area contributed by atoms with Crippen molar-refractivity contribution in [2.75, 3.05) is 31.1 Å². The Morgan fingerprint density at radius 3 is 2.31 bits per heavy atom. The van der Waals surface area contributed by atoms with Crippen LogP contribution in [0.2, 0.25) is 0 Å². The lowest BCUT2D eigenvalue weighted by atomic mass is 10.1. The van der Waals surface area contributed by atoms with E-state index in [0.717, 1.165) is 30.2 Å². The highest BCUT2D eigenvalue weighted by molar-refractivity contribution is 5.94. The number of piperazine rings is 1. The van der Waals surface area contributed by atoms with Gasteiger partial charge in [0.1, 0.15) is 0 Å². The van der Waals surface area contributed by atoms with Crippen LogP contribution in [0.1, 0.15) is 10.4 Å². The number of anilines is 1. The van der Waals surface area contributed by atoms with Crippen molar-refractivity contribution in [3.05, 3.63) is 72.6 Å². The molecule has 0 atom stereocenters. The number of carbonyl (C=O) groups excluding carboxylic acids is 1.